The Morgan fingerprint density at radius 3 is 2.31 bits per heavy atom. The molecule has 26 heavy (non-hydrogen) atoms. The average molecular weight is 403 g/mol. The zero-order valence-electron chi connectivity index (χ0n) is 12.8. The molecule has 0 aliphatic heterocycles. The van der Waals surface area contributed by atoms with Gasteiger partial charge in [0.15, 0.2) is 0 Å². The molecule has 2 aromatic rings. The first kappa shape index (κ1) is 20.1. The minimum absolute atomic E-state index is 0.155. The van der Waals surface area contributed by atoms with Gasteiger partial charge in [0.2, 0.25) is 0 Å². The predicted molar refractivity (Wildman–Crippen MR) is 80.6 cm³/mol. The van der Waals surface area contributed by atoms with Gasteiger partial charge in [-0.15, -0.1) is 0 Å². The Kier molecular flexibility index (Phi) is 5.27. The Morgan fingerprint density at radius 2 is 1.69 bits per heavy atom. The van der Waals surface area contributed by atoms with Crippen LogP contribution in [0.3, 0.4) is 0 Å². The Hall–Kier alpha value is -2.23. The summed E-state index contributed by atoms with van der Waals surface area (Å²) in [6.45, 7) is 1.75. The van der Waals surface area contributed by atoms with Crippen molar-refractivity contribution in [3.8, 4) is 11.3 Å². The molecule has 0 saturated heterocycles. The maximum atomic E-state index is 13.0. The third kappa shape index (κ3) is 3.95. The van der Waals surface area contributed by atoms with Crippen LogP contribution < -0.4 is 5.43 Å². The summed E-state index contributed by atoms with van der Waals surface area (Å²) in [6, 6.07) is 1.98. The van der Waals surface area contributed by atoms with Crippen LogP contribution >= 0.6 is 11.6 Å². The monoisotopic (exact) mass is 402 g/mol. The van der Waals surface area contributed by atoms with E-state index in [4.69, 9.17) is 16.0 Å². The highest BCUT2D eigenvalue weighted by molar-refractivity contribution is 6.30. The second-order valence-corrected chi connectivity index (χ2v) is 5.61. The number of hydrogen-bond acceptors (Lipinski definition) is 3. The lowest BCUT2D eigenvalue weighted by Gasteiger charge is -2.27. The van der Waals surface area contributed by atoms with Crippen LogP contribution in [0.1, 0.15) is 11.3 Å². The first-order valence-electron chi connectivity index (χ1n) is 6.84. The average Bonchev–Trinajstić information content (AvgIpc) is 2.97. The van der Waals surface area contributed by atoms with Gasteiger partial charge < -0.3 is 4.42 Å². The fourth-order valence-corrected chi connectivity index (χ4v) is 2.02. The van der Waals surface area contributed by atoms with Crippen LogP contribution in [0.15, 0.2) is 39.9 Å². The summed E-state index contributed by atoms with van der Waals surface area (Å²) in [7, 11) is 0. The van der Waals surface area contributed by atoms with Crippen LogP contribution in [0, 0.1) is 6.92 Å². The fourth-order valence-electron chi connectivity index (χ4n) is 1.85. The summed E-state index contributed by atoms with van der Waals surface area (Å²) < 4.78 is 92.7. The van der Waals surface area contributed by atoms with E-state index >= 15 is 0 Å². The van der Waals surface area contributed by atoms with Gasteiger partial charge in [0, 0.05) is 10.6 Å². The van der Waals surface area contributed by atoms with Crippen LogP contribution in [-0.2, 0) is 0 Å². The fraction of sp³-hybridized carbons (Fsp3) is 0.267. The molecule has 0 radical (unpaired) electrons. The molecule has 0 spiro atoms. The van der Waals surface area contributed by atoms with Crippen molar-refractivity contribution in [2.75, 3.05) is 0 Å². The van der Waals surface area contributed by atoms with E-state index in [2.05, 4.69) is 5.10 Å². The van der Waals surface area contributed by atoms with Crippen LogP contribution in [-0.4, -0.2) is 24.4 Å². The molecule has 2 rings (SSSR count). The molecule has 0 atom stereocenters. The highest BCUT2D eigenvalue weighted by atomic mass is 35.5. The van der Waals surface area contributed by atoms with E-state index in [9.17, 15) is 30.7 Å². The summed E-state index contributed by atoms with van der Waals surface area (Å²) in [5, 5.41) is 3.13. The van der Waals surface area contributed by atoms with Gasteiger partial charge in [-0.2, -0.15) is 35.8 Å². The summed E-state index contributed by atoms with van der Waals surface area (Å²) in [6.07, 6.45) is -5.90. The maximum Gasteiger partial charge on any atom is 0.462 e. The van der Waals surface area contributed by atoms with Crippen LogP contribution in [0.5, 0.6) is 0 Å². The van der Waals surface area contributed by atoms with Gasteiger partial charge in [-0.05, 0) is 36.8 Å². The number of rotatable bonds is 5. The summed E-state index contributed by atoms with van der Waals surface area (Å²) >= 11 is 5.86. The van der Waals surface area contributed by atoms with E-state index in [-0.39, 0.29) is 11.5 Å². The second kappa shape index (κ2) is 6.82. The summed E-state index contributed by atoms with van der Waals surface area (Å²) in [4.78, 5) is 0. The molecule has 1 heterocycles. The third-order valence-electron chi connectivity index (χ3n) is 3.24. The number of furan rings is 1. The molecule has 11 heteroatoms. The van der Waals surface area contributed by atoms with Gasteiger partial charge in [-0.25, -0.2) is 5.43 Å². The lowest BCUT2D eigenvalue weighted by Crippen LogP contribution is -2.58. The van der Waals surface area contributed by atoms with E-state index in [0.29, 0.717) is 22.2 Å². The number of halogens is 8. The topological polar surface area (TPSA) is 37.5 Å². The Labute approximate surface area is 147 Å². The van der Waals surface area contributed by atoms with Crippen molar-refractivity contribution in [2.45, 2.75) is 25.1 Å². The van der Waals surface area contributed by atoms with E-state index in [1.165, 1.54) is 12.1 Å². The summed E-state index contributed by atoms with van der Waals surface area (Å²) in [5.41, 5.74) is 1.87. The molecule has 0 aliphatic rings. The number of benzene rings is 1. The molecule has 0 saturated carbocycles. The molecule has 0 unspecified atom stereocenters. The molecule has 142 valence electrons. The first-order chi connectivity index (χ1) is 11.8. The van der Waals surface area contributed by atoms with Crippen molar-refractivity contribution in [3.05, 3.63) is 46.7 Å². The SMILES string of the molecule is Cc1ccc(Cl)cc1-c1ccc(/C=N\NC(F)(F)C(F)(F)C(F)(F)F)o1. The van der Waals surface area contributed by atoms with Crippen molar-refractivity contribution in [3.63, 3.8) is 0 Å². The number of nitrogens with zero attached hydrogens (tertiary/aromatic N) is 1. The van der Waals surface area contributed by atoms with Gasteiger partial charge in [0.05, 0.1) is 6.21 Å². The van der Waals surface area contributed by atoms with Gasteiger partial charge in [-0.3, -0.25) is 0 Å². The lowest BCUT2D eigenvalue weighted by molar-refractivity contribution is -0.361. The Bertz CT molecular complexity index is 815. The molecule has 1 N–H and O–H groups in total. The minimum Gasteiger partial charge on any atom is -0.455 e. The maximum absolute atomic E-state index is 13.0. The van der Waals surface area contributed by atoms with Crippen molar-refractivity contribution < 1.29 is 35.2 Å². The van der Waals surface area contributed by atoms with Crippen molar-refractivity contribution in [1.29, 1.82) is 0 Å². The smallest absolute Gasteiger partial charge is 0.455 e. The van der Waals surface area contributed by atoms with Crippen LogP contribution in [0.2, 0.25) is 5.02 Å². The molecule has 1 aromatic carbocycles. The predicted octanol–water partition coefficient (Wildman–Crippen LogP) is 5.62. The largest absolute Gasteiger partial charge is 0.462 e. The highest BCUT2D eigenvalue weighted by Crippen LogP contribution is 2.45. The molecule has 1 aromatic heterocycles. The van der Waals surface area contributed by atoms with E-state index in [0.717, 1.165) is 5.56 Å². The minimum atomic E-state index is -6.44. The van der Waals surface area contributed by atoms with Gasteiger partial charge in [0.25, 0.3) is 0 Å². The van der Waals surface area contributed by atoms with E-state index < -0.39 is 18.1 Å². The third-order valence-corrected chi connectivity index (χ3v) is 3.47. The van der Waals surface area contributed by atoms with Crippen molar-refractivity contribution in [1.82, 2.24) is 5.43 Å². The summed E-state index contributed by atoms with van der Waals surface area (Å²) in [5.74, 6) is -6.18. The van der Waals surface area contributed by atoms with Crippen LogP contribution in [0.25, 0.3) is 11.3 Å². The van der Waals surface area contributed by atoms with Crippen LogP contribution in [0.4, 0.5) is 30.7 Å². The molecule has 0 fully saturated rings. The molecular formula is C15H10ClF7N2O. The zero-order valence-corrected chi connectivity index (χ0v) is 13.6. The Morgan fingerprint density at radius 1 is 1.04 bits per heavy atom. The Balaban J connectivity index is 2.15. The van der Waals surface area contributed by atoms with Crippen molar-refractivity contribution >= 4 is 17.8 Å². The van der Waals surface area contributed by atoms with Crippen molar-refractivity contribution in [2.24, 2.45) is 5.10 Å². The number of alkyl halides is 7. The molecular weight excluding hydrogens is 393 g/mol. The number of hydrogen-bond donors (Lipinski definition) is 1. The van der Waals surface area contributed by atoms with Gasteiger partial charge in [0.1, 0.15) is 11.5 Å². The first-order valence-corrected chi connectivity index (χ1v) is 7.22. The number of aryl methyl sites for hydroxylation is 1. The molecule has 0 bridgehead atoms. The zero-order chi connectivity index (χ0) is 19.8. The van der Waals surface area contributed by atoms with E-state index in [1.54, 1.807) is 25.1 Å². The standard InChI is InChI=1S/C15H10ClF7N2O/c1-8-2-3-9(16)6-11(8)12-5-4-10(26-12)7-24-25-15(22,23)13(17,18)14(19,20)21/h2-7,25H,1H3/b24-7-. The molecule has 0 aliphatic carbocycles. The number of nitrogens with one attached hydrogen (secondary N) is 1. The quantitative estimate of drug-likeness (QED) is 0.305. The normalized spacial score (nSPS) is 13.4. The number of hydrazone groups is 1. The second-order valence-electron chi connectivity index (χ2n) is 5.18. The van der Waals surface area contributed by atoms with Gasteiger partial charge >= 0.3 is 18.1 Å². The lowest BCUT2D eigenvalue weighted by atomic mass is 10.1. The van der Waals surface area contributed by atoms with E-state index in [1.807, 2.05) is 0 Å². The molecule has 3 nitrogen and oxygen atoms in total. The van der Waals surface area contributed by atoms with Gasteiger partial charge in [-0.1, -0.05) is 17.7 Å². The highest BCUT2D eigenvalue weighted by Gasteiger charge is 2.73. The molecule has 0 amide bonds.